The third kappa shape index (κ3) is 4.27. The van der Waals surface area contributed by atoms with Gasteiger partial charge in [0.2, 0.25) is 0 Å². The number of hydrogen-bond donors (Lipinski definition) is 3. The van der Waals surface area contributed by atoms with Gasteiger partial charge in [0.25, 0.3) is 0 Å². The molecule has 0 aliphatic carbocycles. The van der Waals surface area contributed by atoms with Crippen LogP contribution in [-0.4, -0.2) is 50.5 Å². The molecule has 6 nitrogen and oxygen atoms in total. The first-order valence-electron chi connectivity index (χ1n) is 10.7. The molecule has 1 aromatic heterocycles. The van der Waals surface area contributed by atoms with Crippen LogP contribution in [0.25, 0.3) is 11.3 Å². The van der Waals surface area contributed by atoms with Crippen LogP contribution in [0.3, 0.4) is 0 Å². The van der Waals surface area contributed by atoms with Crippen molar-refractivity contribution in [3.8, 4) is 11.3 Å². The summed E-state index contributed by atoms with van der Waals surface area (Å²) in [6, 6.07) is 15.9. The number of nitrogens with one attached hydrogen (secondary N) is 1. The van der Waals surface area contributed by atoms with Crippen molar-refractivity contribution >= 4 is 5.97 Å². The van der Waals surface area contributed by atoms with Crippen molar-refractivity contribution in [1.82, 2.24) is 15.1 Å². The van der Waals surface area contributed by atoms with E-state index in [0.29, 0.717) is 32.5 Å². The van der Waals surface area contributed by atoms with Crippen LogP contribution in [0.15, 0.2) is 54.7 Å². The van der Waals surface area contributed by atoms with E-state index < -0.39 is 17.5 Å². The highest BCUT2D eigenvalue weighted by atomic mass is 16.4. The Morgan fingerprint density at radius 3 is 2.71 bits per heavy atom. The van der Waals surface area contributed by atoms with Gasteiger partial charge in [-0.05, 0) is 50.4 Å². The second-order valence-corrected chi connectivity index (χ2v) is 8.71. The van der Waals surface area contributed by atoms with E-state index >= 15 is 0 Å². The average molecular weight is 420 g/mol. The van der Waals surface area contributed by atoms with Crippen molar-refractivity contribution in [2.24, 2.45) is 5.41 Å². The van der Waals surface area contributed by atoms with Crippen LogP contribution in [0.5, 0.6) is 0 Å². The predicted molar refractivity (Wildman–Crippen MR) is 120 cm³/mol. The van der Waals surface area contributed by atoms with Crippen LogP contribution in [0.1, 0.15) is 28.7 Å². The largest absolute Gasteiger partial charge is 0.481 e. The Morgan fingerprint density at radius 2 is 2.00 bits per heavy atom. The van der Waals surface area contributed by atoms with Gasteiger partial charge in [0.05, 0.1) is 18.0 Å². The Balaban J connectivity index is 1.52. The fraction of sp³-hybridized carbons (Fsp3) is 0.360. The molecule has 1 fully saturated rings. The molecule has 3 aromatic rings. The molecular weight excluding hydrogens is 390 g/mol. The molecule has 2 atom stereocenters. The van der Waals surface area contributed by atoms with Gasteiger partial charge in [0, 0.05) is 24.2 Å². The molecule has 0 radical (unpaired) electrons. The smallest absolute Gasteiger partial charge is 0.312 e. The van der Waals surface area contributed by atoms with Crippen molar-refractivity contribution in [3.63, 3.8) is 0 Å². The fourth-order valence-corrected chi connectivity index (χ4v) is 4.58. The first-order valence-corrected chi connectivity index (χ1v) is 10.7. The summed E-state index contributed by atoms with van der Waals surface area (Å²) >= 11 is 0. The minimum Gasteiger partial charge on any atom is -0.481 e. The molecule has 0 saturated carbocycles. The van der Waals surface area contributed by atoms with Gasteiger partial charge in [-0.15, -0.1) is 0 Å². The standard InChI is InChI=1S/C25H29N3O3/c1-17-8-9-18(2)21(12-17)23-20(14-26-27-23)15-28-11-10-25(24(30)31,22(29)16-28)13-19-6-4-3-5-7-19/h3-9,12,14,22,29H,10-11,13,15-16H2,1-2H3,(H,26,27)(H,30,31)/t22?,25-/m1/s1. The lowest BCUT2D eigenvalue weighted by molar-refractivity contribution is -0.163. The molecule has 4 rings (SSSR count). The summed E-state index contributed by atoms with van der Waals surface area (Å²) in [7, 11) is 0. The Morgan fingerprint density at radius 1 is 1.23 bits per heavy atom. The summed E-state index contributed by atoms with van der Waals surface area (Å²) in [5.74, 6) is -0.928. The lowest BCUT2D eigenvalue weighted by atomic mass is 9.71. The summed E-state index contributed by atoms with van der Waals surface area (Å²) in [6.07, 6.45) is 1.61. The minimum atomic E-state index is -1.16. The Hall–Kier alpha value is -2.96. The number of aromatic nitrogens is 2. The Kier molecular flexibility index (Phi) is 5.94. The second-order valence-electron chi connectivity index (χ2n) is 8.71. The number of carbonyl (C=O) groups is 1. The van der Waals surface area contributed by atoms with Crippen molar-refractivity contribution in [1.29, 1.82) is 0 Å². The number of aliphatic carboxylic acids is 1. The molecule has 1 unspecified atom stereocenters. The predicted octanol–water partition coefficient (Wildman–Crippen LogP) is 3.57. The monoisotopic (exact) mass is 419 g/mol. The maximum Gasteiger partial charge on any atom is 0.312 e. The molecule has 3 N–H and O–H groups in total. The number of likely N-dealkylation sites (tertiary alicyclic amines) is 1. The van der Waals surface area contributed by atoms with E-state index in [-0.39, 0.29) is 0 Å². The Bertz CT molecular complexity index is 1060. The van der Waals surface area contributed by atoms with Gasteiger partial charge in [-0.25, -0.2) is 0 Å². The van der Waals surface area contributed by atoms with E-state index in [4.69, 9.17) is 0 Å². The number of benzene rings is 2. The van der Waals surface area contributed by atoms with Crippen LogP contribution in [0.4, 0.5) is 0 Å². The molecule has 0 spiro atoms. The molecule has 6 heteroatoms. The summed E-state index contributed by atoms with van der Waals surface area (Å²) in [4.78, 5) is 14.4. The van der Waals surface area contributed by atoms with Crippen LogP contribution in [-0.2, 0) is 17.8 Å². The van der Waals surface area contributed by atoms with E-state index in [1.54, 1.807) is 0 Å². The molecule has 2 aromatic carbocycles. The number of β-amino-alcohol motifs (C(OH)–C–C–N with tert-alkyl or cyclic N) is 1. The van der Waals surface area contributed by atoms with Crippen LogP contribution < -0.4 is 0 Å². The van der Waals surface area contributed by atoms with Gasteiger partial charge in [-0.1, -0.05) is 48.0 Å². The summed E-state index contributed by atoms with van der Waals surface area (Å²) in [5.41, 5.74) is 5.27. The molecular formula is C25H29N3O3. The van der Waals surface area contributed by atoms with E-state index in [1.165, 1.54) is 11.1 Å². The Labute approximate surface area is 182 Å². The lowest BCUT2D eigenvalue weighted by Gasteiger charge is -2.43. The molecule has 1 aliphatic rings. The number of piperidine rings is 1. The minimum absolute atomic E-state index is 0.316. The highest BCUT2D eigenvalue weighted by Crippen LogP contribution is 2.37. The van der Waals surface area contributed by atoms with Crippen molar-refractivity contribution in [3.05, 3.63) is 77.0 Å². The van der Waals surface area contributed by atoms with E-state index in [0.717, 1.165) is 22.4 Å². The maximum atomic E-state index is 12.2. The lowest BCUT2D eigenvalue weighted by Crippen LogP contribution is -2.55. The third-order valence-corrected chi connectivity index (χ3v) is 6.51. The number of aromatic amines is 1. The van der Waals surface area contributed by atoms with Gasteiger partial charge in [0.15, 0.2) is 0 Å². The number of aryl methyl sites for hydroxylation is 2. The zero-order valence-corrected chi connectivity index (χ0v) is 18.0. The zero-order valence-electron chi connectivity index (χ0n) is 18.0. The molecule has 0 amide bonds. The highest BCUT2D eigenvalue weighted by molar-refractivity contribution is 5.76. The van der Waals surface area contributed by atoms with Crippen molar-refractivity contribution in [2.75, 3.05) is 13.1 Å². The molecule has 1 saturated heterocycles. The number of rotatable bonds is 6. The van der Waals surface area contributed by atoms with Gasteiger partial charge in [0.1, 0.15) is 5.41 Å². The number of aliphatic hydroxyl groups excluding tert-OH is 1. The molecule has 1 aliphatic heterocycles. The van der Waals surface area contributed by atoms with Crippen molar-refractivity contribution < 1.29 is 15.0 Å². The number of carboxylic acid groups (broad SMARTS) is 1. The molecule has 162 valence electrons. The van der Waals surface area contributed by atoms with Gasteiger partial charge in [-0.3, -0.25) is 14.8 Å². The van der Waals surface area contributed by atoms with Gasteiger partial charge >= 0.3 is 5.97 Å². The SMILES string of the molecule is Cc1ccc(C)c(-c2[nH]ncc2CN2CC[C@](Cc3ccccc3)(C(=O)O)C(O)C2)c1. The van der Waals surface area contributed by atoms with Crippen LogP contribution in [0.2, 0.25) is 0 Å². The van der Waals surface area contributed by atoms with Gasteiger partial charge in [-0.2, -0.15) is 5.10 Å². The topological polar surface area (TPSA) is 89.5 Å². The first-order chi connectivity index (χ1) is 14.9. The quantitative estimate of drug-likeness (QED) is 0.568. The number of aliphatic hydroxyl groups is 1. The molecule has 2 heterocycles. The fourth-order valence-electron chi connectivity index (χ4n) is 4.58. The summed E-state index contributed by atoms with van der Waals surface area (Å²) < 4.78 is 0. The van der Waals surface area contributed by atoms with E-state index in [1.807, 2.05) is 36.5 Å². The number of nitrogens with zero attached hydrogens (tertiary/aromatic N) is 2. The number of H-pyrrole nitrogens is 1. The van der Waals surface area contributed by atoms with Crippen LogP contribution in [0, 0.1) is 19.3 Å². The average Bonchev–Trinajstić information content (AvgIpc) is 3.20. The zero-order chi connectivity index (χ0) is 22.0. The van der Waals surface area contributed by atoms with E-state index in [9.17, 15) is 15.0 Å². The number of hydrogen-bond acceptors (Lipinski definition) is 4. The van der Waals surface area contributed by atoms with Crippen molar-refractivity contribution in [2.45, 2.75) is 39.3 Å². The normalized spacial score (nSPS) is 21.8. The van der Waals surface area contributed by atoms with E-state index in [2.05, 4.69) is 47.1 Å². The molecule has 31 heavy (non-hydrogen) atoms. The highest BCUT2D eigenvalue weighted by Gasteiger charge is 2.48. The summed E-state index contributed by atoms with van der Waals surface area (Å²) in [5, 5.41) is 28.4. The summed E-state index contributed by atoms with van der Waals surface area (Å²) in [6.45, 7) is 5.68. The van der Waals surface area contributed by atoms with Crippen LogP contribution >= 0.6 is 0 Å². The number of carboxylic acids is 1. The third-order valence-electron chi connectivity index (χ3n) is 6.51. The second kappa shape index (κ2) is 8.65. The van der Waals surface area contributed by atoms with Gasteiger partial charge < -0.3 is 10.2 Å². The molecule has 0 bridgehead atoms. The first kappa shape index (κ1) is 21.3. The maximum absolute atomic E-state index is 12.2.